The van der Waals surface area contributed by atoms with E-state index in [4.69, 9.17) is 14.2 Å². The molecule has 0 radical (unpaired) electrons. The molecule has 5 rings (SSSR count). The summed E-state index contributed by atoms with van der Waals surface area (Å²) in [7, 11) is 1.59. The largest absolute Gasteiger partial charge is 0.612 e. The predicted molar refractivity (Wildman–Crippen MR) is 133 cm³/mol. The van der Waals surface area contributed by atoms with Crippen molar-refractivity contribution < 1.29 is 23.6 Å². The number of aromatic nitrogens is 2. The molecule has 3 aromatic rings. The molecule has 0 aliphatic carbocycles. The summed E-state index contributed by atoms with van der Waals surface area (Å²) < 4.78 is 29.1. The topological polar surface area (TPSA) is 109 Å². The molecule has 2 unspecified atom stereocenters. The number of methoxy groups -OCH3 is 1. The molecule has 0 bridgehead atoms. The Morgan fingerprint density at radius 2 is 2.03 bits per heavy atom. The lowest BCUT2D eigenvalue weighted by molar-refractivity contribution is -0.116. The number of benzene rings is 2. The minimum Gasteiger partial charge on any atom is -0.612 e. The van der Waals surface area contributed by atoms with Gasteiger partial charge in [-0.05, 0) is 47.4 Å². The monoisotopic (exact) mass is 496 g/mol. The Bertz CT molecular complexity index is 1230. The third-order valence-corrected chi connectivity index (χ3v) is 7.31. The van der Waals surface area contributed by atoms with Crippen molar-refractivity contribution in [1.29, 1.82) is 0 Å². The molecule has 0 saturated carbocycles. The zero-order valence-corrected chi connectivity index (χ0v) is 20.6. The summed E-state index contributed by atoms with van der Waals surface area (Å²) >= 11 is -1.16. The average molecular weight is 497 g/mol. The van der Waals surface area contributed by atoms with Crippen LogP contribution in [0.25, 0.3) is 10.9 Å². The number of ether oxygens (including phenoxy) is 3. The van der Waals surface area contributed by atoms with Gasteiger partial charge in [0, 0.05) is 36.8 Å². The highest BCUT2D eigenvalue weighted by molar-refractivity contribution is 7.90. The number of amides is 1. The maximum Gasteiger partial charge on any atom is 0.238 e. The molecule has 3 heterocycles. The highest BCUT2D eigenvalue weighted by Crippen LogP contribution is 2.41. The number of nitrogens with zero attached hydrogens (tertiary/aromatic N) is 3. The quantitative estimate of drug-likeness (QED) is 0.374. The van der Waals surface area contributed by atoms with Crippen molar-refractivity contribution in [1.82, 2.24) is 14.9 Å². The van der Waals surface area contributed by atoms with Gasteiger partial charge in [0.25, 0.3) is 0 Å². The number of fused-ring (bicyclic) bond motifs is 2. The summed E-state index contributed by atoms with van der Waals surface area (Å²) in [5.74, 6) is 0.346. The van der Waals surface area contributed by atoms with Crippen LogP contribution in [-0.4, -0.2) is 78.1 Å². The van der Waals surface area contributed by atoms with Gasteiger partial charge in [-0.1, -0.05) is 0 Å². The van der Waals surface area contributed by atoms with E-state index in [1.165, 1.54) is 6.33 Å². The van der Waals surface area contributed by atoms with Crippen LogP contribution in [0.1, 0.15) is 23.6 Å². The highest BCUT2D eigenvalue weighted by atomic mass is 32.2. The fourth-order valence-electron chi connectivity index (χ4n) is 4.57. The molecule has 2 aliphatic heterocycles. The molecule has 35 heavy (non-hydrogen) atoms. The molecule has 1 N–H and O–H groups in total. The highest BCUT2D eigenvalue weighted by Gasteiger charge is 2.35. The number of anilines is 1. The van der Waals surface area contributed by atoms with Gasteiger partial charge in [0.15, 0.2) is 16.4 Å². The average Bonchev–Trinajstić information content (AvgIpc) is 3.21. The summed E-state index contributed by atoms with van der Waals surface area (Å²) in [6, 6.07) is 9.03. The molecule has 0 spiro atoms. The molecule has 2 atom stereocenters. The van der Waals surface area contributed by atoms with E-state index >= 15 is 0 Å². The van der Waals surface area contributed by atoms with Crippen LogP contribution in [0.15, 0.2) is 41.6 Å². The maximum atomic E-state index is 13.0. The first kappa shape index (κ1) is 23.8. The SMILES string of the molecule is COc1cc2c(C3C(=O)Nc4ccc([S+](C)[O-])cc43)ncnc2cc1OCCCN1CCOCC1. The van der Waals surface area contributed by atoms with Gasteiger partial charge in [0.05, 0.1) is 38.1 Å². The molecule has 184 valence electrons. The van der Waals surface area contributed by atoms with E-state index in [-0.39, 0.29) is 5.91 Å². The fourth-order valence-corrected chi connectivity index (χ4v) is 5.12. The fraction of sp³-hybridized carbons (Fsp3) is 0.400. The first-order valence-electron chi connectivity index (χ1n) is 11.6. The van der Waals surface area contributed by atoms with Gasteiger partial charge in [-0.3, -0.25) is 9.69 Å². The molecular weight excluding hydrogens is 468 g/mol. The zero-order valence-electron chi connectivity index (χ0n) is 19.8. The van der Waals surface area contributed by atoms with Crippen molar-refractivity contribution in [3.05, 3.63) is 47.9 Å². The van der Waals surface area contributed by atoms with Crippen molar-refractivity contribution >= 4 is 33.7 Å². The van der Waals surface area contributed by atoms with Crippen LogP contribution in [0.4, 0.5) is 5.69 Å². The summed E-state index contributed by atoms with van der Waals surface area (Å²) in [5.41, 5.74) is 2.69. The lowest BCUT2D eigenvalue weighted by Gasteiger charge is -2.26. The Labute approximate surface area is 207 Å². The predicted octanol–water partition coefficient (Wildman–Crippen LogP) is 2.56. The molecule has 1 amide bonds. The number of rotatable bonds is 8. The molecule has 9 nitrogen and oxygen atoms in total. The first-order chi connectivity index (χ1) is 17.0. The number of hydrogen-bond donors (Lipinski definition) is 1. The van der Waals surface area contributed by atoms with E-state index in [0.29, 0.717) is 45.3 Å². The van der Waals surface area contributed by atoms with E-state index < -0.39 is 17.1 Å². The van der Waals surface area contributed by atoms with Crippen LogP contribution < -0.4 is 14.8 Å². The molecule has 2 aromatic carbocycles. The van der Waals surface area contributed by atoms with Crippen molar-refractivity contribution in [2.45, 2.75) is 17.2 Å². The number of hydrogen-bond acceptors (Lipinski definition) is 8. The lowest BCUT2D eigenvalue weighted by Crippen LogP contribution is -2.37. The first-order valence-corrected chi connectivity index (χ1v) is 13.1. The van der Waals surface area contributed by atoms with Crippen LogP contribution >= 0.6 is 0 Å². The molecular formula is C25H28N4O5S. The van der Waals surface area contributed by atoms with Crippen LogP contribution in [0, 0.1) is 0 Å². The maximum absolute atomic E-state index is 13.0. The normalized spacial score (nSPS) is 18.8. The van der Waals surface area contributed by atoms with E-state index in [1.807, 2.05) is 18.2 Å². The summed E-state index contributed by atoms with van der Waals surface area (Å²) in [4.78, 5) is 24.9. The van der Waals surface area contributed by atoms with Crippen LogP contribution in [0.2, 0.25) is 0 Å². The molecule has 1 saturated heterocycles. The van der Waals surface area contributed by atoms with Gasteiger partial charge in [0.1, 0.15) is 18.5 Å². The Morgan fingerprint density at radius 1 is 1.20 bits per heavy atom. The third-order valence-electron chi connectivity index (χ3n) is 6.39. The number of nitrogens with one attached hydrogen (secondary N) is 1. The molecule has 1 fully saturated rings. The van der Waals surface area contributed by atoms with Gasteiger partial charge in [0.2, 0.25) is 5.91 Å². The summed E-state index contributed by atoms with van der Waals surface area (Å²) in [6.45, 7) is 4.96. The second-order valence-corrected chi connectivity index (χ2v) is 9.94. The summed E-state index contributed by atoms with van der Waals surface area (Å²) in [5, 5.41) is 3.62. The smallest absolute Gasteiger partial charge is 0.238 e. The molecule has 2 aliphatic rings. The number of carbonyl (C=O) groups is 1. The molecule has 10 heteroatoms. The van der Waals surface area contributed by atoms with Crippen LogP contribution in [-0.2, 0) is 20.7 Å². The van der Waals surface area contributed by atoms with Gasteiger partial charge in [-0.2, -0.15) is 0 Å². The molecule has 1 aromatic heterocycles. The summed E-state index contributed by atoms with van der Waals surface area (Å²) in [6.07, 6.45) is 3.96. The zero-order chi connectivity index (χ0) is 24.4. The van der Waals surface area contributed by atoms with E-state index in [0.717, 1.165) is 44.8 Å². The Hall–Kier alpha value is -2.92. The van der Waals surface area contributed by atoms with Crippen molar-refractivity contribution in [2.24, 2.45) is 0 Å². The van der Waals surface area contributed by atoms with Crippen LogP contribution in [0.5, 0.6) is 11.5 Å². The van der Waals surface area contributed by atoms with E-state index in [2.05, 4.69) is 20.2 Å². The Kier molecular flexibility index (Phi) is 7.05. The Balaban J connectivity index is 1.41. The number of carbonyl (C=O) groups excluding carboxylic acids is 1. The van der Waals surface area contributed by atoms with Gasteiger partial charge < -0.3 is 24.1 Å². The van der Waals surface area contributed by atoms with Gasteiger partial charge >= 0.3 is 0 Å². The van der Waals surface area contributed by atoms with Crippen molar-refractivity contribution in [3.8, 4) is 11.5 Å². The van der Waals surface area contributed by atoms with E-state index in [9.17, 15) is 9.35 Å². The second-order valence-electron chi connectivity index (χ2n) is 8.56. The van der Waals surface area contributed by atoms with E-state index in [1.54, 1.807) is 25.5 Å². The van der Waals surface area contributed by atoms with Gasteiger partial charge in [-0.15, -0.1) is 0 Å². The minimum atomic E-state index is -1.16. The Morgan fingerprint density at radius 3 is 2.80 bits per heavy atom. The third kappa shape index (κ3) is 4.92. The minimum absolute atomic E-state index is 0.179. The number of morpholine rings is 1. The second kappa shape index (κ2) is 10.4. The standard InChI is InChI=1S/C25H28N4O5S/c1-32-21-13-18-20(14-22(21)34-9-3-6-29-7-10-33-11-8-29)26-15-27-24(18)23-17-12-16(35(2)31)4-5-19(17)28-25(23)30/h4-5,12-15,23H,3,6-11H2,1-2H3,(H,28,30). The van der Waals surface area contributed by atoms with Crippen molar-refractivity contribution in [2.75, 3.05) is 58.1 Å². The van der Waals surface area contributed by atoms with Crippen molar-refractivity contribution in [3.63, 3.8) is 0 Å². The van der Waals surface area contributed by atoms with Crippen LogP contribution in [0.3, 0.4) is 0 Å². The lowest BCUT2D eigenvalue weighted by atomic mass is 9.94. The van der Waals surface area contributed by atoms with Gasteiger partial charge in [-0.25, -0.2) is 9.97 Å².